The zero-order chi connectivity index (χ0) is 14.1. The topological polar surface area (TPSA) is 51.4 Å². The summed E-state index contributed by atoms with van der Waals surface area (Å²) in [4.78, 5) is 8.66. The largest absolute Gasteiger partial charge is 0.383 e. The van der Waals surface area contributed by atoms with Gasteiger partial charge in [-0.15, -0.1) is 11.3 Å². The van der Waals surface area contributed by atoms with Crippen LogP contribution >= 0.6 is 11.3 Å². The number of anilines is 1. The third-order valence-electron chi connectivity index (χ3n) is 4.44. The van der Waals surface area contributed by atoms with Gasteiger partial charge in [0, 0.05) is 37.0 Å². The fourth-order valence-electron chi connectivity index (χ4n) is 2.79. The predicted molar refractivity (Wildman–Crippen MR) is 83.4 cm³/mol. The number of rotatable bonds is 8. The number of methoxy groups -OCH3 is 1. The average Bonchev–Trinajstić information content (AvgIpc) is 3.36. The molecular formula is C15H25N3OS. The molecule has 1 aromatic rings. The van der Waals surface area contributed by atoms with Gasteiger partial charge in [0.1, 0.15) is 0 Å². The Kier molecular flexibility index (Phi) is 4.29. The maximum Gasteiger partial charge on any atom is 0.186 e. The Bertz CT molecular complexity index is 454. The minimum absolute atomic E-state index is 0.564. The van der Waals surface area contributed by atoms with Crippen LogP contribution in [0.4, 0.5) is 5.13 Å². The third kappa shape index (κ3) is 3.00. The second kappa shape index (κ2) is 6.00. The summed E-state index contributed by atoms with van der Waals surface area (Å²) in [6, 6.07) is 0.564. The number of nitrogens with zero attached hydrogens (tertiary/aromatic N) is 2. The van der Waals surface area contributed by atoms with Crippen molar-refractivity contribution in [3.8, 4) is 0 Å². The van der Waals surface area contributed by atoms with Crippen LogP contribution in [0.5, 0.6) is 0 Å². The molecule has 112 valence electrons. The van der Waals surface area contributed by atoms with Gasteiger partial charge in [0.05, 0.1) is 12.3 Å². The third-order valence-corrected chi connectivity index (χ3v) is 5.57. The number of hydrogen-bond acceptors (Lipinski definition) is 5. The van der Waals surface area contributed by atoms with Gasteiger partial charge >= 0.3 is 0 Å². The molecule has 0 spiro atoms. The summed E-state index contributed by atoms with van der Waals surface area (Å²) >= 11 is 1.79. The normalized spacial score (nSPS) is 20.1. The van der Waals surface area contributed by atoms with E-state index >= 15 is 0 Å². The van der Waals surface area contributed by atoms with Crippen LogP contribution < -0.4 is 10.6 Å². The molecule has 2 fully saturated rings. The lowest BCUT2D eigenvalue weighted by molar-refractivity contribution is 0.202. The molecule has 0 radical (unpaired) electrons. The van der Waals surface area contributed by atoms with Crippen LogP contribution in [0.15, 0.2) is 0 Å². The molecule has 5 heteroatoms. The quantitative estimate of drug-likeness (QED) is 0.801. The summed E-state index contributed by atoms with van der Waals surface area (Å²) in [6.45, 7) is 4.64. The van der Waals surface area contributed by atoms with Crippen LogP contribution in [0, 0.1) is 5.92 Å². The van der Waals surface area contributed by atoms with Crippen LogP contribution in [0.2, 0.25) is 0 Å². The lowest BCUT2D eigenvalue weighted by atomic mass is 10.2. The fourth-order valence-corrected chi connectivity index (χ4v) is 3.93. The first-order chi connectivity index (χ1) is 9.74. The number of ether oxygens (including phenoxy) is 1. The fraction of sp³-hybridized carbons (Fsp3) is 0.800. The zero-order valence-electron chi connectivity index (χ0n) is 12.5. The van der Waals surface area contributed by atoms with Crippen molar-refractivity contribution in [2.24, 2.45) is 11.7 Å². The predicted octanol–water partition coefficient (Wildman–Crippen LogP) is 2.73. The second-order valence-corrected chi connectivity index (χ2v) is 7.11. The molecule has 0 saturated heterocycles. The molecule has 2 aliphatic rings. The van der Waals surface area contributed by atoms with Crippen molar-refractivity contribution in [3.63, 3.8) is 0 Å². The standard InChI is InChI=1S/C15H25N3OS/c1-10(11-3-4-11)18(7-8-19-2)15-17-14(12-5-6-12)13(9-16)20-15/h10-12H,3-9,16H2,1-2H3. The lowest BCUT2D eigenvalue weighted by Crippen LogP contribution is -2.37. The molecule has 1 heterocycles. The van der Waals surface area contributed by atoms with Crippen LogP contribution in [0.1, 0.15) is 49.1 Å². The van der Waals surface area contributed by atoms with Gasteiger partial charge in [0.25, 0.3) is 0 Å². The Balaban J connectivity index is 1.81. The highest BCUT2D eigenvalue weighted by atomic mass is 32.1. The van der Waals surface area contributed by atoms with Gasteiger partial charge in [0.15, 0.2) is 5.13 Å². The molecule has 0 amide bonds. The van der Waals surface area contributed by atoms with E-state index in [1.165, 1.54) is 36.3 Å². The Hall–Kier alpha value is -0.650. The monoisotopic (exact) mass is 295 g/mol. The van der Waals surface area contributed by atoms with Crippen molar-refractivity contribution >= 4 is 16.5 Å². The van der Waals surface area contributed by atoms with Gasteiger partial charge in [-0.3, -0.25) is 0 Å². The first-order valence-electron chi connectivity index (χ1n) is 7.69. The lowest BCUT2D eigenvalue weighted by Gasteiger charge is -2.28. The zero-order valence-corrected chi connectivity index (χ0v) is 13.3. The first-order valence-corrected chi connectivity index (χ1v) is 8.51. The van der Waals surface area contributed by atoms with Crippen molar-refractivity contribution in [1.82, 2.24) is 4.98 Å². The Labute approximate surface area is 125 Å². The minimum Gasteiger partial charge on any atom is -0.383 e. The van der Waals surface area contributed by atoms with E-state index < -0.39 is 0 Å². The molecule has 20 heavy (non-hydrogen) atoms. The molecule has 2 saturated carbocycles. The highest BCUT2D eigenvalue weighted by molar-refractivity contribution is 7.15. The van der Waals surface area contributed by atoms with E-state index in [2.05, 4.69) is 11.8 Å². The summed E-state index contributed by atoms with van der Waals surface area (Å²) in [5.41, 5.74) is 7.18. The number of thiazole rings is 1. The van der Waals surface area contributed by atoms with Crippen molar-refractivity contribution in [2.75, 3.05) is 25.2 Å². The molecule has 1 aromatic heterocycles. The second-order valence-electron chi connectivity index (χ2n) is 6.05. The number of nitrogens with two attached hydrogens (primary N) is 1. The van der Waals surface area contributed by atoms with E-state index in [0.717, 1.165) is 24.2 Å². The molecule has 1 atom stereocenters. The highest BCUT2D eigenvalue weighted by Crippen LogP contribution is 2.45. The van der Waals surface area contributed by atoms with Crippen LogP contribution in [-0.4, -0.2) is 31.3 Å². The molecule has 0 bridgehead atoms. The SMILES string of the molecule is COCCN(c1nc(C2CC2)c(CN)s1)C(C)C1CC1. The summed E-state index contributed by atoms with van der Waals surface area (Å²) < 4.78 is 5.28. The van der Waals surface area contributed by atoms with E-state index in [1.807, 2.05) is 0 Å². The summed E-state index contributed by atoms with van der Waals surface area (Å²) in [7, 11) is 1.77. The van der Waals surface area contributed by atoms with E-state index in [1.54, 1.807) is 18.4 Å². The molecule has 1 unspecified atom stereocenters. The van der Waals surface area contributed by atoms with E-state index in [4.69, 9.17) is 15.5 Å². The Morgan fingerprint density at radius 1 is 1.40 bits per heavy atom. The summed E-state index contributed by atoms with van der Waals surface area (Å²) in [6.07, 6.45) is 5.28. The van der Waals surface area contributed by atoms with Gasteiger partial charge < -0.3 is 15.4 Å². The summed E-state index contributed by atoms with van der Waals surface area (Å²) in [5, 5.41) is 1.16. The van der Waals surface area contributed by atoms with E-state index in [-0.39, 0.29) is 0 Å². The smallest absolute Gasteiger partial charge is 0.186 e. The van der Waals surface area contributed by atoms with Gasteiger partial charge in [0.2, 0.25) is 0 Å². The molecular weight excluding hydrogens is 270 g/mol. The van der Waals surface area contributed by atoms with Gasteiger partial charge in [-0.1, -0.05) is 0 Å². The molecule has 0 aromatic carbocycles. The van der Waals surface area contributed by atoms with Crippen LogP contribution in [-0.2, 0) is 11.3 Å². The van der Waals surface area contributed by atoms with E-state index in [0.29, 0.717) is 18.5 Å². The van der Waals surface area contributed by atoms with Gasteiger partial charge in [-0.2, -0.15) is 0 Å². The molecule has 3 rings (SSSR count). The molecule has 2 aliphatic carbocycles. The van der Waals surface area contributed by atoms with Crippen molar-refractivity contribution in [3.05, 3.63) is 10.6 Å². The van der Waals surface area contributed by atoms with Crippen molar-refractivity contribution in [1.29, 1.82) is 0 Å². The summed E-state index contributed by atoms with van der Waals surface area (Å²) in [5.74, 6) is 1.51. The minimum atomic E-state index is 0.564. The van der Waals surface area contributed by atoms with Crippen LogP contribution in [0.3, 0.4) is 0 Å². The molecule has 2 N–H and O–H groups in total. The number of aromatic nitrogens is 1. The Morgan fingerprint density at radius 2 is 2.15 bits per heavy atom. The van der Waals surface area contributed by atoms with Crippen LogP contribution in [0.25, 0.3) is 0 Å². The highest BCUT2D eigenvalue weighted by Gasteiger charge is 2.35. The number of hydrogen-bond donors (Lipinski definition) is 1. The maximum absolute atomic E-state index is 5.91. The maximum atomic E-state index is 5.91. The van der Waals surface area contributed by atoms with Gasteiger partial charge in [-0.05, 0) is 38.5 Å². The molecule has 0 aliphatic heterocycles. The first kappa shape index (κ1) is 14.3. The van der Waals surface area contributed by atoms with Gasteiger partial charge in [-0.25, -0.2) is 4.98 Å². The molecule has 4 nitrogen and oxygen atoms in total. The van der Waals surface area contributed by atoms with E-state index in [9.17, 15) is 0 Å². The average molecular weight is 295 g/mol. The van der Waals surface area contributed by atoms with Crippen molar-refractivity contribution < 1.29 is 4.74 Å². The Morgan fingerprint density at radius 3 is 2.70 bits per heavy atom. The van der Waals surface area contributed by atoms with Crippen molar-refractivity contribution in [2.45, 2.75) is 51.1 Å².